The molecule has 24 aromatic rings. The Labute approximate surface area is 861 Å². The van der Waals surface area contributed by atoms with E-state index in [0.717, 1.165) is 126 Å². The number of pyridine rings is 3. The van der Waals surface area contributed by atoms with Gasteiger partial charge in [-0.1, -0.05) is 327 Å². The van der Waals surface area contributed by atoms with Gasteiger partial charge in [-0.3, -0.25) is 14.5 Å². The average molecular weight is 1970 g/mol. The third-order valence-corrected chi connectivity index (χ3v) is 39.8. The molecule has 18 aromatic carbocycles. The van der Waals surface area contributed by atoms with E-state index in [4.69, 9.17) is 4.98 Å². The molecule has 0 amide bonds. The van der Waals surface area contributed by atoms with E-state index in [9.17, 15) is 9.13 Å². The zero-order valence-electron chi connectivity index (χ0n) is 83.0. The fraction of sp³-hybridized carbons (Fsp3) is 0.0752. The van der Waals surface area contributed by atoms with Gasteiger partial charge in [-0.25, -0.2) is 4.98 Å². The van der Waals surface area contributed by atoms with Crippen LogP contribution in [0.1, 0.15) is 80.5 Å². The number of aromatic nitrogens is 6. The lowest BCUT2D eigenvalue weighted by Crippen LogP contribution is -2.30. The molecule has 9 heterocycles. The van der Waals surface area contributed by atoms with Gasteiger partial charge in [-0.15, -0.1) is 0 Å². The Morgan fingerprint density at radius 1 is 0.203 bits per heavy atom. The van der Waals surface area contributed by atoms with Gasteiger partial charge in [0.25, 0.3) is 0 Å². The van der Waals surface area contributed by atoms with Crippen LogP contribution < -0.4 is 62.4 Å². The average Bonchev–Trinajstić information content (AvgIpc) is 1.31. The number of aryl methyl sites for hydroxylation is 1. The maximum absolute atomic E-state index is 15.1. The maximum Gasteiger partial charge on any atom is 0.172 e. The third kappa shape index (κ3) is 14.9. The summed E-state index contributed by atoms with van der Waals surface area (Å²) in [5, 5.41) is 14.0. The molecule has 2 atom stereocenters. The van der Waals surface area contributed by atoms with Crippen molar-refractivity contribution in [2.75, 3.05) is 14.7 Å². The Hall–Kier alpha value is -17.1. The number of benzene rings is 18. The highest BCUT2D eigenvalue weighted by Gasteiger charge is 2.42. The van der Waals surface area contributed by atoms with Gasteiger partial charge in [0.15, 0.2) is 21.4 Å². The summed E-state index contributed by atoms with van der Waals surface area (Å²) in [6, 6.07) is 164. The summed E-state index contributed by atoms with van der Waals surface area (Å²) in [6.07, 6.45) is 8.71. The Balaban J connectivity index is 0.000000115. The Bertz CT molecular complexity index is 8820. The normalized spacial score (nSPS) is 14.4. The fourth-order valence-corrected chi connectivity index (χ4v) is 31.3. The molecule has 12 nitrogen and oxygen atoms in total. The second kappa shape index (κ2) is 36.6. The summed E-state index contributed by atoms with van der Waals surface area (Å²) < 4.78 is 52.0. The van der Waals surface area contributed by atoms with Gasteiger partial charge in [0.05, 0.1) is 67.2 Å². The fourth-order valence-electron chi connectivity index (χ4n) is 23.5. The molecule has 0 spiro atoms. The molecule has 0 radical (unpaired) electrons. The first kappa shape index (κ1) is 92.1. The lowest BCUT2D eigenvalue weighted by atomic mass is 9.73. The van der Waals surface area contributed by atoms with E-state index < -0.39 is 21.4 Å². The number of fused-ring (bicyclic) bond motifs is 15. The van der Waals surface area contributed by atoms with Gasteiger partial charge in [0.1, 0.15) is 5.82 Å². The smallest absolute Gasteiger partial charge is 0.172 e. The van der Waals surface area contributed by atoms with E-state index in [1.54, 1.807) is 31.0 Å². The van der Waals surface area contributed by atoms with Crippen LogP contribution in [0.15, 0.2) is 504 Å². The number of hydrogen-bond acceptors (Lipinski definition) is 9. The predicted molar refractivity (Wildman–Crippen MR) is 619 cm³/mol. The van der Waals surface area contributed by atoms with Crippen LogP contribution in [0.2, 0.25) is 0 Å². The second-order valence-corrected chi connectivity index (χ2v) is 48.4. The van der Waals surface area contributed by atoms with Crippen LogP contribution in [-0.2, 0) is 29.9 Å². The molecule has 0 saturated carbocycles. The van der Waals surface area contributed by atoms with E-state index in [0.29, 0.717) is 5.30 Å². The van der Waals surface area contributed by atoms with E-state index >= 15 is 4.57 Å². The van der Waals surface area contributed by atoms with Crippen LogP contribution >= 0.6 is 21.4 Å². The van der Waals surface area contributed by atoms with Crippen molar-refractivity contribution in [3.05, 3.63) is 543 Å². The highest BCUT2D eigenvalue weighted by atomic mass is 31.2. The highest BCUT2D eigenvalue weighted by molar-refractivity contribution is 7.86. The topological polar surface area (TPSA) is 114 Å². The van der Waals surface area contributed by atoms with Crippen LogP contribution in [0.4, 0.5) is 51.2 Å². The Morgan fingerprint density at radius 3 is 0.804 bits per heavy atom. The van der Waals surface area contributed by atoms with Crippen LogP contribution in [0, 0.1) is 6.92 Å². The molecule has 0 fully saturated rings. The van der Waals surface area contributed by atoms with Crippen molar-refractivity contribution in [2.45, 2.75) is 64.7 Å². The van der Waals surface area contributed by atoms with Crippen molar-refractivity contribution in [1.82, 2.24) is 28.7 Å². The summed E-state index contributed by atoms with van der Waals surface area (Å²) >= 11 is 0. The minimum Gasteiger partial charge on any atom is -0.310 e. The van der Waals surface area contributed by atoms with Crippen LogP contribution in [0.3, 0.4) is 0 Å². The lowest BCUT2D eigenvalue weighted by Gasteiger charge is -2.42. The monoisotopic (exact) mass is 1970 g/mol. The summed E-state index contributed by atoms with van der Waals surface area (Å²) in [4.78, 5) is 20.9. The number of anilines is 9. The first-order chi connectivity index (χ1) is 72.3. The third-order valence-electron chi connectivity index (χ3n) is 30.7. The molecular weight excluding hydrogens is 1860 g/mol. The SMILES string of the molecule is CC1(C)c2ccccc2N(c2ccc3c(c2)c2ccccc2n3-c2ccc(P(=O)(c3ccccc3)c3ccccc3)cn2)c2ccccc21.CC1(C)c2ccccc2N(c2ccc3c(c2)c2ccccc2n3-c2ccc(P(=O)(c3ccccc3)c3cccnc3)cc2)c2ccccc21.Cc1cc(P(=O)(c2ccccc2)c2cccnc2)ccc1-n1c2ccccc2c2cc(N3c4ccccc4C(C)(C)c4ccccc43)ccc21. The highest BCUT2D eigenvalue weighted by Crippen LogP contribution is 2.58. The van der Waals surface area contributed by atoms with Gasteiger partial charge in [-0.05, 0) is 234 Å². The van der Waals surface area contributed by atoms with Crippen molar-refractivity contribution in [3.8, 4) is 17.2 Å². The second-order valence-electron chi connectivity index (χ2n) is 40.1. The maximum atomic E-state index is 15.1. The standard InChI is InChI=1S/C45H36N3OP.2C44H34N3OP/c1-31-28-34(50(49,33-14-5-4-6-15-33)35-16-13-27-46-30-35)24-26-40(31)48-41-20-10-7-17-36(41)37-29-32(23-25-42(37)48)47-43-21-11-8-18-38(43)45(2,3)39-19-9-12-22-44(39)47;1-44(2)37-20-10-13-23-41(37)46(42-24-14-11-21-38(42)44)31-25-27-40-36(29-31)35-19-9-12-22-39(35)47(40)43-28-26-34(30-45-43)49(48,32-15-5-3-6-16-32)33-17-7-4-8-18-33;1-44(2)38-17-7-10-20-42(38)47(43-21-11-8-18-39(43)44)32-24-27-41-37(29-32)36-16-6-9-19-40(36)46(41)31-22-25-34(26-23-31)49(48,33-13-4-3-5-14-33)35-15-12-28-45-30-35/h4-30H,1-3H3;2*3-30H,1-2H3. The molecule has 3 aliphatic heterocycles. The van der Waals surface area contributed by atoms with Gasteiger partial charge < -0.3 is 37.5 Å². The predicted octanol–water partition coefficient (Wildman–Crippen LogP) is 30.1. The molecule has 148 heavy (non-hydrogen) atoms. The van der Waals surface area contributed by atoms with Crippen molar-refractivity contribution in [3.63, 3.8) is 0 Å². The first-order valence-corrected chi connectivity index (χ1v) is 55.5. The van der Waals surface area contributed by atoms with Crippen molar-refractivity contribution >= 4 is 186 Å². The van der Waals surface area contributed by atoms with E-state index in [1.165, 1.54) is 89.0 Å². The molecular formula is C133H104N9O3P3. The lowest BCUT2D eigenvalue weighted by molar-refractivity contribution is 0.591. The number of rotatable bonds is 15. The minimum atomic E-state index is -3.16. The summed E-state index contributed by atoms with van der Waals surface area (Å²) in [7, 11) is -9.42. The van der Waals surface area contributed by atoms with Crippen molar-refractivity contribution in [1.29, 1.82) is 0 Å². The van der Waals surface area contributed by atoms with Crippen molar-refractivity contribution < 1.29 is 13.7 Å². The molecule has 0 N–H and O–H groups in total. The van der Waals surface area contributed by atoms with Crippen LogP contribution in [-0.4, -0.2) is 28.7 Å². The van der Waals surface area contributed by atoms with Gasteiger partial charge in [0, 0.05) is 156 Å². The summed E-state index contributed by atoms with van der Waals surface area (Å²) in [5.74, 6) is 0.783. The zero-order valence-corrected chi connectivity index (χ0v) is 85.7. The minimum absolute atomic E-state index is 0.114. The molecule has 0 saturated heterocycles. The molecule has 0 aliphatic carbocycles. The zero-order chi connectivity index (χ0) is 100. The quantitative estimate of drug-likeness (QED) is 0.0926. The van der Waals surface area contributed by atoms with E-state index in [1.807, 2.05) is 176 Å². The number of nitrogens with zero attached hydrogens (tertiary/aromatic N) is 9. The van der Waals surface area contributed by atoms with Gasteiger partial charge in [-0.2, -0.15) is 0 Å². The van der Waals surface area contributed by atoms with Crippen LogP contribution in [0.25, 0.3) is 82.6 Å². The van der Waals surface area contributed by atoms with Gasteiger partial charge >= 0.3 is 0 Å². The Kier molecular flexibility index (Phi) is 22.8. The molecule has 15 heteroatoms. The first-order valence-electron chi connectivity index (χ1n) is 50.4. The van der Waals surface area contributed by atoms with E-state index in [-0.39, 0.29) is 16.2 Å². The number of hydrogen-bond donors (Lipinski definition) is 0. The largest absolute Gasteiger partial charge is 0.310 e. The molecule has 27 rings (SSSR count). The summed E-state index contributed by atoms with van der Waals surface area (Å²) in [6.45, 7) is 16.0. The molecule has 0 bridgehead atoms. The molecule has 6 aromatic heterocycles. The molecule has 714 valence electrons. The van der Waals surface area contributed by atoms with Gasteiger partial charge in [0.2, 0.25) is 0 Å². The van der Waals surface area contributed by atoms with Crippen LogP contribution in [0.5, 0.6) is 0 Å². The van der Waals surface area contributed by atoms with E-state index in [2.05, 4.69) is 384 Å². The molecule has 2 unspecified atom stereocenters. The Morgan fingerprint density at radius 2 is 0.466 bits per heavy atom. The molecule has 3 aliphatic rings. The summed E-state index contributed by atoms with van der Waals surface area (Å²) in [5.41, 5.74) is 27.9. The number of para-hydroxylation sites is 9. The van der Waals surface area contributed by atoms with Crippen molar-refractivity contribution in [2.24, 2.45) is 0 Å².